The maximum atomic E-state index is 12.6. The number of ether oxygens (including phenoxy) is 1. The zero-order valence-corrected chi connectivity index (χ0v) is 14.7. The first-order chi connectivity index (χ1) is 11.3. The van der Waals surface area contributed by atoms with Crippen molar-refractivity contribution in [1.82, 2.24) is 4.72 Å². The molecule has 2 unspecified atom stereocenters. The second kappa shape index (κ2) is 4.87. The maximum absolute atomic E-state index is 12.6. The number of hydrogen-bond acceptors (Lipinski definition) is 5. The number of aliphatic hydroxyl groups is 1. The fourth-order valence-electron chi connectivity index (χ4n) is 6.48. The normalized spacial score (nSPS) is 53.3. The predicted molar refractivity (Wildman–Crippen MR) is 89.0 cm³/mol. The molecule has 0 aromatic heterocycles. The predicted octanol–water partition coefficient (Wildman–Crippen LogP) is 1.69. The highest BCUT2D eigenvalue weighted by Gasteiger charge is 2.58. The highest BCUT2D eigenvalue weighted by molar-refractivity contribution is 7.90. The number of aliphatic imine (C=N–C) groups is 1. The van der Waals surface area contributed by atoms with Crippen molar-refractivity contribution in [3.63, 3.8) is 0 Å². The van der Waals surface area contributed by atoms with Crippen LogP contribution in [0.2, 0.25) is 0 Å². The third kappa shape index (κ3) is 2.38. The van der Waals surface area contributed by atoms with Crippen molar-refractivity contribution in [2.45, 2.75) is 86.7 Å². The molecular formula is C17H26N2O4S. The SMILES string of the molecule is O=S1(=O)NC(=NC23C[C@@H]4C[C@@H](CC(O)(C4)C2)C3)O[C@H]2CCCC[C@H]21. The van der Waals surface area contributed by atoms with E-state index < -0.39 is 20.9 Å². The van der Waals surface area contributed by atoms with E-state index in [1.54, 1.807) is 0 Å². The summed E-state index contributed by atoms with van der Waals surface area (Å²) in [6, 6.07) is 0.184. The lowest BCUT2D eigenvalue weighted by Crippen LogP contribution is -2.60. The van der Waals surface area contributed by atoms with Gasteiger partial charge in [0.2, 0.25) is 10.0 Å². The lowest BCUT2D eigenvalue weighted by Gasteiger charge is -2.58. The van der Waals surface area contributed by atoms with E-state index in [-0.39, 0.29) is 17.7 Å². The molecule has 0 spiro atoms. The van der Waals surface area contributed by atoms with Crippen molar-refractivity contribution in [2.75, 3.05) is 0 Å². The van der Waals surface area contributed by atoms with Gasteiger partial charge >= 0.3 is 0 Å². The summed E-state index contributed by atoms with van der Waals surface area (Å²) in [5, 5.41) is 10.4. The van der Waals surface area contributed by atoms with Gasteiger partial charge in [0.15, 0.2) is 0 Å². The van der Waals surface area contributed by atoms with E-state index in [1.807, 2.05) is 0 Å². The van der Waals surface area contributed by atoms with Gasteiger partial charge in [0.25, 0.3) is 6.02 Å². The van der Waals surface area contributed by atoms with Crippen molar-refractivity contribution in [1.29, 1.82) is 0 Å². The van der Waals surface area contributed by atoms with E-state index in [0.29, 0.717) is 24.7 Å². The summed E-state index contributed by atoms with van der Waals surface area (Å²) < 4.78 is 33.7. The number of amidine groups is 1. The second-order valence-electron chi connectivity index (χ2n) is 8.95. The summed E-state index contributed by atoms with van der Waals surface area (Å²) >= 11 is 0. The topological polar surface area (TPSA) is 88.0 Å². The van der Waals surface area contributed by atoms with Gasteiger partial charge in [-0.15, -0.1) is 0 Å². The van der Waals surface area contributed by atoms with Gasteiger partial charge in [-0.3, -0.25) is 0 Å². The Labute approximate surface area is 143 Å². The summed E-state index contributed by atoms with van der Waals surface area (Å²) in [5.74, 6) is 1.03. The summed E-state index contributed by atoms with van der Waals surface area (Å²) in [6.45, 7) is 0. The number of nitrogens with one attached hydrogen (secondary N) is 1. The van der Waals surface area contributed by atoms with E-state index in [4.69, 9.17) is 9.73 Å². The summed E-state index contributed by atoms with van der Waals surface area (Å²) in [4.78, 5) is 4.80. The molecule has 1 saturated heterocycles. The highest BCUT2D eigenvalue weighted by atomic mass is 32.2. The smallest absolute Gasteiger partial charge is 0.299 e. The molecule has 5 aliphatic carbocycles. The number of sulfonamides is 1. The van der Waals surface area contributed by atoms with Crippen LogP contribution in [-0.2, 0) is 14.8 Å². The van der Waals surface area contributed by atoms with Gasteiger partial charge in [-0.05, 0) is 63.2 Å². The monoisotopic (exact) mass is 354 g/mol. The van der Waals surface area contributed by atoms with Crippen LogP contribution in [-0.4, -0.2) is 42.0 Å². The molecule has 134 valence electrons. The molecule has 24 heavy (non-hydrogen) atoms. The van der Waals surface area contributed by atoms with Crippen LogP contribution in [0.15, 0.2) is 4.99 Å². The molecule has 0 aromatic rings. The second-order valence-corrected chi connectivity index (χ2v) is 10.9. The first-order valence-electron chi connectivity index (χ1n) is 9.35. The minimum atomic E-state index is -3.40. The fourth-order valence-corrected chi connectivity index (χ4v) is 8.04. The lowest BCUT2D eigenvalue weighted by molar-refractivity contribution is -0.132. The zero-order chi connectivity index (χ0) is 16.6. The summed E-state index contributed by atoms with van der Waals surface area (Å²) in [6.07, 6.45) is 8.65. The molecule has 6 nitrogen and oxygen atoms in total. The van der Waals surface area contributed by atoms with Gasteiger partial charge in [-0.25, -0.2) is 18.1 Å². The Kier molecular flexibility index (Phi) is 3.14. The molecule has 1 heterocycles. The largest absolute Gasteiger partial charge is 0.460 e. The van der Waals surface area contributed by atoms with E-state index >= 15 is 0 Å². The van der Waals surface area contributed by atoms with Crippen LogP contribution in [0.5, 0.6) is 0 Å². The highest BCUT2D eigenvalue weighted by Crippen LogP contribution is 2.59. The molecule has 7 heteroatoms. The number of fused-ring (bicyclic) bond motifs is 1. The third-order valence-electron chi connectivity index (χ3n) is 6.87. The minimum absolute atomic E-state index is 0.184. The lowest BCUT2D eigenvalue weighted by atomic mass is 9.51. The van der Waals surface area contributed by atoms with Gasteiger partial charge in [-0.2, -0.15) is 0 Å². The van der Waals surface area contributed by atoms with Gasteiger partial charge < -0.3 is 9.84 Å². The third-order valence-corrected chi connectivity index (χ3v) is 8.67. The summed E-state index contributed by atoms with van der Waals surface area (Å²) in [7, 11) is -3.40. The Morgan fingerprint density at radius 3 is 2.54 bits per heavy atom. The molecule has 6 atom stereocenters. The molecule has 5 saturated carbocycles. The van der Waals surface area contributed by atoms with Crippen LogP contribution in [0.3, 0.4) is 0 Å². The van der Waals surface area contributed by atoms with Crippen molar-refractivity contribution >= 4 is 16.0 Å². The van der Waals surface area contributed by atoms with Crippen molar-refractivity contribution in [2.24, 2.45) is 16.8 Å². The van der Waals surface area contributed by atoms with E-state index in [2.05, 4.69) is 4.72 Å². The van der Waals surface area contributed by atoms with Gasteiger partial charge in [0, 0.05) is 6.42 Å². The minimum Gasteiger partial charge on any atom is -0.460 e. The first kappa shape index (κ1) is 15.4. The Bertz CT molecular complexity index is 675. The first-order valence-corrected chi connectivity index (χ1v) is 10.9. The summed E-state index contributed by atoms with van der Waals surface area (Å²) in [5.41, 5.74) is -0.937. The Morgan fingerprint density at radius 1 is 1.12 bits per heavy atom. The van der Waals surface area contributed by atoms with Crippen LogP contribution in [0, 0.1) is 11.8 Å². The number of rotatable bonds is 1. The van der Waals surface area contributed by atoms with Crippen molar-refractivity contribution < 1.29 is 18.3 Å². The molecule has 1 aliphatic heterocycles. The van der Waals surface area contributed by atoms with Gasteiger partial charge in [-0.1, -0.05) is 6.42 Å². The van der Waals surface area contributed by atoms with Crippen LogP contribution >= 0.6 is 0 Å². The van der Waals surface area contributed by atoms with Gasteiger partial charge in [0.1, 0.15) is 11.4 Å². The Morgan fingerprint density at radius 2 is 1.83 bits per heavy atom. The molecule has 0 radical (unpaired) electrons. The quantitative estimate of drug-likeness (QED) is 0.750. The van der Waals surface area contributed by atoms with Crippen LogP contribution in [0.4, 0.5) is 0 Å². The average molecular weight is 354 g/mol. The van der Waals surface area contributed by atoms with Crippen LogP contribution in [0.1, 0.15) is 64.2 Å². The maximum Gasteiger partial charge on any atom is 0.299 e. The Hall–Kier alpha value is -0.820. The molecule has 0 aromatic carbocycles. The molecule has 6 aliphatic rings. The molecule has 6 fully saturated rings. The molecule has 6 rings (SSSR count). The van der Waals surface area contributed by atoms with Gasteiger partial charge in [0.05, 0.1) is 11.1 Å². The number of nitrogens with zero attached hydrogens (tertiary/aromatic N) is 1. The molecular weight excluding hydrogens is 328 g/mol. The van der Waals surface area contributed by atoms with Crippen LogP contribution in [0.25, 0.3) is 0 Å². The number of hydrogen-bond donors (Lipinski definition) is 2. The van der Waals surface area contributed by atoms with Crippen molar-refractivity contribution in [3.05, 3.63) is 0 Å². The molecule has 2 N–H and O–H groups in total. The standard InChI is InChI=1S/C17H26N2O4S/c20-17-8-11-5-12(9-17)7-16(6-11,10-17)18-15-19-24(21,22)14-4-2-1-3-13(14)23-15/h11-14,20H,1-10H2,(H,18,19)/t11-,12+,13-,14+,16?,17?/m0/s1. The van der Waals surface area contributed by atoms with Crippen molar-refractivity contribution in [3.8, 4) is 0 Å². The Balaban J connectivity index is 1.46. The van der Waals surface area contributed by atoms with E-state index in [0.717, 1.165) is 44.9 Å². The average Bonchev–Trinajstić information content (AvgIpc) is 2.43. The zero-order valence-electron chi connectivity index (χ0n) is 13.9. The fraction of sp³-hybridized carbons (Fsp3) is 0.941. The van der Waals surface area contributed by atoms with E-state index in [1.165, 1.54) is 6.42 Å². The molecule has 4 bridgehead atoms. The van der Waals surface area contributed by atoms with E-state index in [9.17, 15) is 13.5 Å². The molecule has 0 amide bonds. The van der Waals surface area contributed by atoms with Crippen LogP contribution < -0.4 is 4.72 Å².